The molecule has 0 saturated carbocycles. The minimum absolute atomic E-state index is 0.821. The van der Waals surface area contributed by atoms with E-state index < -0.39 is 0 Å². The van der Waals surface area contributed by atoms with Gasteiger partial charge in [0.25, 0.3) is 0 Å². The molecule has 0 atom stereocenters. The number of para-hydroxylation sites is 1. The van der Waals surface area contributed by atoms with Gasteiger partial charge in [0, 0.05) is 5.75 Å². The SMILES string of the molecule is COc1cccc(CSc2nncn2-c2ccccc2C)c1. The number of methoxy groups -OCH3 is 1. The molecule has 0 bridgehead atoms. The van der Waals surface area contributed by atoms with Gasteiger partial charge in [-0.3, -0.25) is 4.57 Å². The molecular weight excluding hydrogens is 294 g/mol. The van der Waals surface area contributed by atoms with Crippen LogP contribution in [0, 0.1) is 6.92 Å². The fourth-order valence-corrected chi connectivity index (χ4v) is 3.10. The maximum absolute atomic E-state index is 5.26. The number of benzene rings is 2. The zero-order chi connectivity index (χ0) is 15.4. The molecule has 2 aromatic carbocycles. The van der Waals surface area contributed by atoms with Crippen LogP contribution >= 0.6 is 11.8 Å². The average Bonchev–Trinajstić information content (AvgIpc) is 3.02. The molecule has 22 heavy (non-hydrogen) atoms. The quantitative estimate of drug-likeness (QED) is 0.671. The second kappa shape index (κ2) is 6.66. The minimum Gasteiger partial charge on any atom is -0.497 e. The van der Waals surface area contributed by atoms with Crippen LogP contribution in [0.5, 0.6) is 5.75 Å². The van der Waals surface area contributed by atoms with E-state index in [1.165, 1.54) is 11.1 Å². The van der Waals surface area contributed by atoms with Crippen molar-refractivity contribution in [1.29, 1.82) is 0 Å². The molecule has 0 unspecified atom stereocenters. The molecule has 3 rings (SSSR count). The van der Waals surface area contributed by atoms with Crippen molar-refractivity contribution in [1.82, 2.24) is 14.8 Å². The third-order valence-electron chi connectivity index (χ3n) is 3.39. The Kier molecular flexibility index (Phi) is 4.44. The first-order chi connectivity index (χ1) is 10.8. The van der Waals surface area contributed by atoms with Gasteiger partial charge in [-0.05, 0) is 36.2 Å². The van der Waals surface area contributed by atoms with Crippen LogP contribution in [0.25, 0.3) is 5.69 Å². The summed E-state index contributed by atoms with van der Waals surface area (Å²) in [6.45, 7) is 2.09. The second-order valence-electron chi connectivity index (χ2n) is 4.91. The van der Waals surface area contributed by atoms with E-state index in [0.717, 1.165) is 22.3 Å². The highest BCUT2D eigenvalue weighted by Gasteiger charge is 2.09. The standard InChI is InChI=1S/C17H17N3OS/c1-13-6-3-4-9-16(13)20-12-18-19-17(20)22-11-14-7-5-8-15(10-14)21-2/h3-10,12H,11H2,1-2H3. The Bertz CT molecular complexity index is 770. The lowest BCUT2D eigenvalue weighted by Crippen LogP contribution is -1.97. The third-order valence-corrected chi connectivity index (χ3v) is 4.41. The summed E-state index contributed by atoms with van der Waals surface area (Å²) in [5.74, 6) is 1.69. The van der Waals surface area contributed by atoms with Crippen LogP contribution in [0.2, 0.25) is 0 Å². The fourth-order valence-electron chi connectivity index (χ4n) is 2.23. The Morgan fingerprint density at radius 1 is 1.14 bits per heavy atom. The number of ether oxygens (including phenoxy) is 1. The molecule has 0 aliphatic rings. The van der Waals surface area contributed by atoms with Gasteiger partial charge in [0.2, 0.25) is 0 Å². The zero-order valence-corrected chi connectivity index (χ0v) is 13.4. The summed E-state index contributed by atoms with van der Waals surface area (Å²) in [5.41, 5.74) is 3.51. The molecule has 0 radical (unpaired) electrons. The maximum atomic E-state index is 5.26. The normalized spacial score (nSPS) is 10.6. The maximum Gasteiger partial charge on any atom is 0.195 e. The van der Waals surface area contributed by atoms with Crippen LogP contribution in [0.3, 0.4) is 0 Å². The summed E-state index contributed by atoms with van der Waals surface area (Å²) in [6, 6.07) is 16.3. The van der Waals surface area contributed by atoms with E-state index in [-0.39, 0.29) is 0 Å². The number of nitrogens with zero attached hydrogens (tertiary/aromatic N) is 3. The van der Waals surface area contributed by atoms with E-state index >= 15 is 0 Å². The van der Waals surface area contributed by atoms with Gasteiger partial charge in [0.1, 0.15) is 12.1 Å². The van der Waals surface area contributed by atoms with Gasteiger partial charge in [-0.1, -0.05) is 42.1 Å². The molecule has 0 saturated heterocycles. The molecular formula is C17H17N3OS. The molecule has 0 aliphatic carbocycles. The predicted molar refractivity (Wildman–Crippen MR) is 88.7 cm³/mol. The van der Waals surface area contributed by atoms with Crippen molar-refractivity contribution >= 4 is 11.8 Å². The smallest absolute Gasteiger partial charge is 0.195 e. The summed E-state index contributed by atoms with van der Waals surface area (Å²) in [7, 11) is 1.68. The molecule has 0 spiro atoms. The van der Waals surface area contributed by atoms with Crippen molar-refractivity contribution in [3.05, 3.63) is 66.0 Å². The summed E-state index contributed by atoms with van der Waals surface area (Å²) in [5, 5.41) is 9.18. The van der Waals surface area contributed by atoms with Gasteiger partial charge >= 0.3 is 0 Å². The second-order valence-corrected chi connectivity index (χ2v) is 5.85. The number of hydrogen-bond acceptors (Lipinski definition) is 4. The van der Waals surface area contributed by atoms with Crippen molar-refractivity contribution in [2.24, 2.45) is 0 Å². The van der Waals surface area contributed by atoms with E-state index in [1.807, 2.05) is 34.9 Å². The van der Waals surface area contributed by atoms with E-state index in [0.29, 0.717) is 0 Å². The van der Waals surface area contributed by atoms with Crippen LogP contribution < -0.4 is 4.74 Å². The monoisotopic (exact) mass is 311 g/mol. The van der Waals surface area contributed by atoms with Crippen LogP contribution in [0.1, 0.15) is 11.1 Å². The highest BCUT2D eigenvalue weighted by atomic mass is 32.2. The topological polar surface area (TPSA) is 39.9 Å². The van der Waals surface area contributed by atoms with Gasteiger partial charge in [-0.2, -0.15) is 0 Å². The largest absolute Gasteiger partial charge is 0.497 e. The first-order valence-corrected chi connectivity index (χ1v) is 7.98. The number of aromatic nitrogens is 3. The summed E-state index contributed by atoms with van der Waals surface area (Å²) in [4.78, 5) is 0. The lowest BCUT2D eigenvalue weighted by molar-refractivity contribution is 0.414. The van der Waals surface area contributed by atoms with Crippen LogP contribution in [0.15, 0.2) is 60.0 Å². The molecule has 3 aromatic rings. The Morgan fingerprint density at radius 3 is 2.82 bits per heavy atom. The molecule has 1 heterocycles. The van der Waals surface area contributed by atoms with Crippen molar-refractivity contribution in [2.75, 3.05) is 7.11 Å². The van der Waals surface area contributed by atoms with Gasteiger partial charge in [0.15, 0.2) is 5.16 Å². The molecule has 4 nitrogen and oxygen atoms in total. The Labute approximate surface area is 134 Å². The number of aryl methyl sites for hydroxylation is 1. The lowest BCUT2D eigenvalue weighted by Gasteiger charge is -2.09. The molecule has 0 N–H and O–H groups in total. The van der Waals surface area contributed by atoms with E-state index in [2.05, 4.69) is 35.3 Å². The van der Waals surface area contributed by atoms with Crippen molar-refractivity contribution in [2.45, 2.75) is 17.8 Å². The zero-order valence-electron chi connectivity index (χ0n) is 12.6. The Balaban J connectivity index is 1.80. The third kappa shape index (κ3) is 3.14. The molecule has 5 heteroatoms. The van der Waals surface area contributed by atoms with E-state index in [9.17, 15) is 0 Å². The fraction of sp³-hybridized carbons (Fsp3) is 0.176. The van der Waals surface area contributed by atoms with E-state index in [4.69, 9.17) is 4.74 Å². The summed E-state index contributed by atoms with van der Waals surface area (Å²) >= 11 is 1.66. The van der Waals surface area contributed by atoms with Gasteiger partial charge in [-0.25, -0.2) is 0 Å². The Hall–Kier alpha value is -2.27. The van der Waals surface area contributed by atoms with Gasteiger partial charge < -0.3 is 4.74 Å². The molecule has 0 amide bonds. The van der Waals surface area contributed by atoms with Gasteiger partial charge in [-0.15, -0.1) is 10.2 Å². The average molecular weight is 311 g/mol. The lowest BCUT2D eigenvalue weighted by atomic mass is 10.2. The van der Waals surface area contributed by atoms with Crippen LogP contribution in [-0.2, 0) is 5.75 Å². The molecule has 112 valence electrons. The molecule has 1 aromatic heterocycles. The van der Waals surface area contributed by atoms with Crippen molar-refractivity contribution in [3.63, 3.8) is 0 Å². The molecule has 0 fully saturated rings. The number of thioether (sulfide) groups is 1. The highest BCUT2D eigenvalue weighted by molar-refractivity contribution is 7.98. The highest BCUT2D eigenvalue weighted by Crippen LogP contribution is 2.26. The summed E-state index contributed by atoms with van der Waals surface area (Å²) in [6.07, 6.45) is 1.76. The first-order valence-electron chi connectivity index (χ1n) is 6.99. The van der Waals surface area contributed by atoms with Crippen LogP contribution in [-0.4, -0.2) is 21.9 Å². The van der Waals surface area contributed by atoms with Crippen LogP contribution in [0.4, 0.5) is 0 Å². The van der Waals surface area contributed by atoms with Crippen molar-refractivity contribution in [3.8, 4) is 11.4 Å². The van der Waals surface area contributed by atoms with Gasteiger partial charge in [0.05, 0.1) is 12.8 Å². The molecule has 0 aliphatic heterocycles. The number of rotatable bonds is 5. The number of hydrogen-bond donors (Lipinski definition) is 0. The summed E-state index contributed by atoms with van der Waals surface area (Å²) < 4.78 is 7.29. The minimum atomic E-state index is 0.821. The Morgan fingerprint density at radius 2 is 2.00 bits per heavy atom. The first kappa shape index (κ1) is 14.7. The van der Waals surface area contributed by atoms with Crippen molar-refractivity contribution < 1.29 is 4.74 Å². The predicted octanol–water partition coefficient (Wildman–Crippen LogP) is 3.88. The van der Waals surface area contributed by atoms with E-state index in [1.54, 1.807) is 25.2 Å².